The minimum absolute atomic E-state index is 0.139. The zero-order valence-electron chi connectivity index (χ0n) is 11.1. The van der Waals surface area contributed by atoms with Crippen LogP contribution in [-0.2, 0) is 6.42 Å². The minimum atomic E-state index is -0.236. The number of carbonyl (C=O) groups is 1. The van der Waals surface area contributed by atoms with E-state index in [0.717, 1.165) is 10.0 Å². The summed E-state index contributed by atoms with van der Waals surface area (Å²) in [5.41, 5.74) is 2.16. The predicted octanol–water partition coefficient (Wildman–Crippen LogP) is 3.87. The summed E-state index contributed by atoms with van der Waals surface area (Å²) < 4.78 is 14.3. The lowest BCUT2D eigenvalue weighted by Crippen LogP contribution is -2.26. The molecule has 1 amide bonds. The van der Waals surface area contributed by atoms with Gasteiger partial charge in [-0.25, -0.2) is 4.39 Å². The summed E-state index contributed by atoms with van der Waals surface area (Å²) in [4.78, 5) is 12.1. The van der Waals surface area contributed by atoms with Crippen molar-refractivity contribution in [3.05, 3.63) is 69.4 Å². The first-order valence-corrected chi connectivity index (χ1v) is 7.15. The molecule has 0 saturated heterocycles. The number of nitrogens with one attached hydrogen (secondary N) is 1. The van der Waals surface area contributed by atoms with Crippen molar-refractivity contribution in [1.82, 2.24) is 5.32 Å². The molecule has 2 aromatic carbocycles. The van der Waals surface area contributed by atoms with Gasteiger partial charge in [-0.05, 0) is 42.7 Å². The topological polar surface area (TPSA) is 29.1 Å². The lowest BCUT2D eigenvalue weighted by atomic mass is 10.1. The smallest absolute Gasteiger partial charge is 0.251 e. The third kappa shape index (κ3) is 3.67. The molecule has 0 aliphatic heterocycles. The predicted molar refractivity (Wildman–Crippen MR) is 81.3 cm³/mol. The summed E-state index contributed by atoms with van der Waals surface area (Å²) in [7, 11) is 0. The third-order valence-electron chi connectivity index (χ3n) is 3.08. The summed E-state index contributed by atoms with van der Waals surface area (Å²) >= 11 is 3.35. The molecule has 1 N–H and O–H groups in total. The van der Waals surface area contributed by atoms with Crippen molar-refractivity contribution in [3.63, 3.8) is 0 Å². The maximum atomic E-state index is 13.4. The zero-order valence-corrected chi connectivity index (χ0v) is 12.7. The van der Waals surface area contributed by atoms with Gasteiger partial charge in [0.25, 0.3) is 5.91 Å². The minimum Gasteiger partial charge on any atom is -0.352 e. The second kappa shape index (κ2) is 6.66. The average molecular weight is 336 g/mol. The van der Waals surface area contributed by atoms with Crippen LogP contribution in [0.3, 0.4) is 0 Å². The van der Waals surface area contributed by atoms with E-state index < -0.39 is 0 Å². The lowest BCUT2D eigenvalue weighted by Gasteiger charge is -2.08. The number of rotatable bonds is 4. The van der Waals surface area contributed by atoms with Gasteiger partial charge in [0.05, 0.1) is 0 Å². The van der Waals surface area contributed by atoms with E-state index in [4.69, 9.17) is 0 Å². The van der Waals surface area contributed by atoms with Crippen LogP contribution in [0.25, 0.3) is 0 Å². The van der Waals surface area contributed by atoms with Crippen LogP contribution in [0.2, 0.25) is 0 Å². The van der Waals surface area contributed by atoms with E-state index in [1.165, 1.54) is 6.07 Å². The highest BCUT2D eigenvalue weighted by Gasteiger charge is 2.09. The normalized spacial score (nSPS) is 10.3. The fraction of sp³-hybridized carbons (Fsp3) is 0.188. The van der Waals surface area contributed by atoms with E-state index in [2.05, 4.69) is 21.2 Å². The second-order valence-electron chi connectivity index (χ2n) is 4.56. The molecule has 0 saturated carbocycles. The summed E-state index contributed by atoms with van der Waals surface area (Å²) in [5, 5.41) is 2.82. The van der Waals surface area contributed by atoms with E-state index in [9.17, 15) is 9.18 Å². The molecule has 0 radical (unpaired) electrons. The Labute approximate surface area is 126 Å². The number of amides is 1. The third-order valence-corrected chi connectivity index (χ3v) is 3.58. The first-order valence-electron chi connectivity index (χ1n) is 6.35. The van der Waals surface area contributed by atoms with Crippen LogP contribution in [0.15, 0.2) is 46.9 Å². The van der Waals surface area contributed by atoms with Gasteiger partial charge in [0, 0.05) is 16.6 Å². The van der Waals surface area contributed by atoms with Crippen molar-refractivity contribution in [2.24, 2.45) is 0 Å². The van der Waals surface area contributed by atoms with Crippen molar-refractivity contribution in [3.8, 4) is 0 Å². The van der Waals surface area contributed by atoms with Gasteiger partial charge in [0.2, 0.25) is 0 Å². The Balaban J connectivity index is 1.96. The van der Waals surface area contributed by atoms with Gasteiger partial charge in [-0.1, -0.05) is 40.2 Å². The van der Waals surface area contributed by atoms with Crippen molar-refractivity contribution >= 4 is 21.8 Å². The van der Waals surface area contributed by atoms with E-state index in [-0.39, 0.29) is 11.7 Å². The molecule has 2 nitrogen and oxygen atoms in total. The quantitative estimate of drug-likeness (QED) is 0.902. The van der Waals surface area contributed by atoms with Crippen LogP contribution in [0, 0.1) is 12.7 Å². The van der Waals surface area contributed by atoms with E-state index in [1.54, 1.807) is 24.3 Å². The van der Waals surface area contributed by atoms with Gasteiger partial charge in [0.1, 0.15) is 5.82 Å². The Hall–Kier alpha value is -1.68. The monoisotopic (exact) mass is 335 g/mol. The largest absolute Gasteiger partial charge is 0.352 e. The molecule has 0 bridgehead atoms. The molecule has 2 aromatic rings. The number of aryl methyl sites for hydroxylation is 1. The molecule has 0 aliphatic carbocycles. The van der Waals surface area contributed by atoms with E-state index in [0.29, 0.717) is 24.1 Å². The molecule has 0 unspecified atom stereocenters. The summed E-state index contributed by atoms with van der Waals surface area (Å²) in [5.74, 6) is -0.375. The Kier molecular flexibility index (Phi) is 4.90. The number of carbonyl (C=O) groups excluding carboxylic acids is 1. The summed E-state index contributed by atoms with van der Waals surface area (Å²) in [6, 6.07) is 12.2. The Morgan fingerprint density at radius 2 is 2.00 bits per heavy atom. The Bertz CT molecular complexity index is 628. The highest BCUT2D eigenvalue weighted by atomic mass is 79.9. The molecular weight excluding hydrogens is 321 g/mol. The molecule has 20 heavy (non-hydrogen) atoms. The summed E-state index contributed by atoms with van der Waals surface area (Å²) in [6.45, 7) is 2.30. The fourth-order valence-corrected chi connectivity index (χ4v) is 2.31. The molecule has 104 valence electrons. The maximum Gasteiger partial charge on any atom is 0.251 e. The maximum absolute atomic E-state index is 13.4. The fourth-order valence-electron chi connectivity index (χ4n) is 1.95. The number of halogens is 2. The van der Waals surface area contributed by atoms with Gasteiger partial charge in [-0.2, -0.15) is 0 Å². The van der Waals surface area contributed by atoms with E-state index >= 15 is 0 Å². The molecule has 0 spiro atoms. The zero-order chi connectivity index (χ0) is 14.5. The van der Waals surface area contributed by atoms with Crippen LogP contribution in [0.5, 0.6) is 0 Å². The lowest BCUT2D eigenvalue weighted by molar-refractivity contribution is 0.0953. The molecule has 0 atom stereocenters. The van der Waals surface area contributed by atoms with Gasteiger partial charge < -0.3 is 5.32 Å². The van der Waals surface area contributed by atoms with Crippen LogP contribution in [0.1, 0.15) is 21.5 Å². The van der Waals surface area contributed by atoms with Gasteiger partial charge in [-0.3, -0.25) is 4.79 Å². The molecular formula is C16H15BrFNO. The second-order valence-corrected chi connectivity index (χ2v) is 5.47. The first-order chi connectivity index (χ1) is 9.58. The summed E-state index contributed by atoms with van der Waals surface area (Å²) in [6.07, 6.45) is 0.478. The van der Waals surface area contributed by atoms with E-state index in [1.807, 2.05) is 19.1 Å². The molecule has 0 aromatic heterocycles. The van der Waals surface area contributed by atoms with Gasteiger partial charge in [0.15, 0.2) is 0 Å². The van der Waals surface area contributed by atoms with Crippen molar-refractivity contribution in [2.45, 2.75) is 13.3 Å². The number of benzene rings is 2. The number of hydrogen-bond acceptors (Lipinski definition) is 1. The Morgan fingerprint density at radius 1 is 1.25 bits per heavy atom. The van der Waals surface area contributed by atoms with Crippen molar-refractivity contribution in [1.29, 1.82) is 0 Å². The van der Waals surface area contributed by atoms with Gasteiger partial charge >= 0.3 is 0 Å². The highest BCUT2D eigenvalue weighted by Crippen LogP contribution is 2.16. The standard InChI is InChI=1S/C16H15BrFNO/c1-11-6-7-13(17)10-14(11)16(20)19-9-8-12-4-2-3-5-15(12)18/h2-7,10H,8-9H2,1H3,(H,19,20). The van der Waals surface area contributed by atoms with Crippen LogP contribution in [-0.4, -0.2) is 12.5 Å². The van der Waals surface area contributed by atoms with Crippen LogP contribution < -0.4 is 5.32 Å². The van der Waals surface area contributed by atoms with Crippen LogP contribution in [0.4, 0.5) is 4.39 Å². The Morgan fingerprint density at radius 3 is 2.75 bits per heavy atom. The molecule has 4 heteroatoms. The first kappa shape index (κ1) is 14.7. The van der Waals surface area contributed by atoms with Crippen molar-refractivity contribution < 1.29 is 9.18 Å². The molecule has 0 heterocycles. The number of hydrogen-bond donors (Lipinski definition) is 1. The van der Waals surface area contributed by atoms with Gasteiger partial charge in [-0.15, -0.1) is 0 Å². The highest BCUT2D eigenvalue weighted by molar-refractivity contribution is 9.10. The van der Waals surface area contributed by atoms with Crippen LogP contribution >= 0.6 is 15.9 Å². The molecule has 2 rings (SSSR count). The average Bonchev–Trinajstić information content (AvgIpc) is 2.43. The van der Waals surface area contributed by atoms with Crippen molar-refractivity contribution in [2.75, 3.05) is 6.54 Å². The SMILES string of the molecule is Cc1ccc(Br)cc1C(=O)NCCc1ccccc1F. The molecule has 0 fully saturated rings. The molecule has 0 aliphatic rings.